The molecule has 8 nitrogen and oxygen atoms in total. The Balaban J connectivity index is 1.61. The van der Waals surface area contributed by atoms with Crippen LogP contribution in [0.15, 0.2) is 53.4 Å². The number of methoxy groups -OCH3 is 1. The Morgan fingerprint density at radius 2 is 1.83 bits per heavy atom. The van der Waals surface area contributed by atoms with Gasteiger partial charge in [-0.05, 0) is 30.7 Å². The quantitative estimate of drug-likeness (QED) is 0.671. The van der Waals surface area contributed by atoms with E-state index < -0.39 is 28.3 Å². The fourth-order valence-corrected chi connectivity index (χ4v) is 5.41. The molecule has 2 aromatic carbocycles. The molecule has 2 aliphatic rings. The van der Waals surface area contributed by atoms with Crippen LogP contribution in [0.5, 0.6) is 0 Å². The lowest BCUT2D eigenvalue weighted by molar-refractivity contribution is -0.139. The van der Waals surface area contributed by atoms with Crippen molar-refractivity contribution in [2.45, 2.75) is 30.4 Å². The average molecular weight is 430 g/mol. The average Bonchev–Trinajstić information content (AvgIpc) is 3.24. The lowest BCUT2D eigenvalue weighted by atomic mass is 10.1. The minimum Gasteiger partial charge on any atom is -0.469 e. The molecule has 0 aromatic heterocycles. The van der Waals surface area contributed by atoms with Crippen molar-refractivity contribution in [2.75, 3.05) is 25.1 Å². The second-order valence-corrected chi connectivity index (χ2v) is 9.21. The molecule has 0 saturated carbocycles. The number of hydrogen-bond acceptors (Lipinski definition) is 7. The fraction of sp³-hybridized carbons (Fsp3) is 0.333. The number of fused-ring (bicyclic) bond motifs is 1. The number of esters is 1. The highest BCUT2D eigenvalue weighted by Gasteiger charge is 2.53. The molecular formula is C21H22N2O6S. The standard InChI is InChI=1S/C21H22N2O6S/c1-14-7-9-16(10-8-14)30(26,27)23-18-12-22(13-19(18)29-21(23)25)17-6-4-3-5-15(17)11-20(24)28-2/h3-10,18-19H,11-13H2,1-2H3/t18-,19+/m0/s1. The zero-order chi connectivity index (χ0) is 21.5. The Labute approximate surface area is 175 Å². The summed E-state index contributed by atoms with van der Waals surface area (Å²) < 4.78 is 37.3. The predicted molar refractivity (Wildman–Crippen MR) is 109 cm³/mol. The Morgan fingerprint density at radius 3 is 2.53 bits per heavy atom. The number of amides is 1. The highest BCUT2D eigenvalue weighted by Crippen LogP contribution is 2.35. The maximum absolute atomic E-state index is 13.1. The maximum atomic E-state index is 13.1. The summed E-state index contributed by atoms with van der Waals surface area (Å²) in [5.74, 6) is -0.364. The second kappa shape index (κ2) is 7.64. The number of anilines is 1. The molecule has 0 radical (unpaired) electrons. The number of aryl methyl sites for hydroxylation is 1. The van der Waals surface area contributed by atoms with Crippen LogP contribution in [0.2, 0.25) is 0 Å². The normalized spacial score (nSPS) is 20.8. The van der Waals surface area contributed by atoms with Crippen molar-refractivity contribution >= 4 is 27.8 Å². The molecule has 2 aliphatic heterocycles. The molecular weight excluding hydrogens is 408 g/mol. The summed E-state index contributed by atoms with van der Waals surface area (Å²) in [5, 5.41) is 0. The molecule has 2 fully saturated rings. The van der Waals surface area contributed by atoms with Gasteiger partial charge < -0.3 is 14.4 Å². The zero-order valence-corrected chi connectivity index (χ0v) is 17.5. The third-order valence-corrected chi connectivity index (χ3v) is 7.25. The summed E-state index contributed by atoms with van der Waals surface area (Å²) in [6, 6.07) is 13.1. The molecule has 158 valence electrons. The van der Waals surface area contributed by atoms with Gasteiger partial charge in [0.05, 0.1) is 25.0 Å². The number of sulfonamides is 1. The van der Waals surface area contributed by atoms with Crippen molar-refractivity contribution in [1.29, 1.82) is 0 Å². The van der Waals surface area contributed by atoms with Gasteiger partial charge in [-0.1, -0.05) is 35.9 Å². The highest BCUT2D eigenvalue weighted by atomic mass is 32.2. The fourth-order valence-electron chi connectivity index (χ4n) is 3.91. The molecule has 2 saturated heterocycles. The summed E-state index contributed by atoms with van der Waals surface area (Å²) in [7, 11) is -2.71. The smallest absolute Gasteiger partial charge is 0.424 e. The molecule has 0 N–H and O–H groups in total. The van der Waals surface area contributed by atoms with Crippen molar-refractivity contribution in [1.82, 2.24) is 4.31 Å². The minimum absolute atomic E-state index is 0.0511. The van der Waals surface area contributed by atoms with Gasteiger partial charge in [0.2, 0.25) is 0 Å². The number of carbonyl (C=O) groups is 2. The summed E-state index contributed by atoms with van der Waals surface area (Å²) in [6.07, 6.45) is -1.33. The number of hydrogen-bond donors (Lipinski definition) is 0. The first kappa shape index (κ1) is 20.2. The van der Waals surface area contributed by atoms with Crippen LogP contribution in [0.1, 0.15) is 11.1 Å². The van der Waals surface area contributed by atoms with E-state index in [-0.39, 0.29) is 23.8 Å². The maximum Gasteiger partial charge on any atom is 0.424 e. The van der Waals surface area contributed by atoms with Crippen molar-refractivity contribution in [3.05, 3.63) is 59.7 Å². The van der Waals surface area contributed by atoms with Gasteiger partial charge in [0.15, 0.2) is 0 Å². The van der Waals surface area contributed by atoms with E-state index in [1.54, 1.807) is 12.1 Å². The number of para-hydroxylation sites is 1. The monoisotopic (exact) mass is 430 g/mol. The van der Waals surface area contributed by atoms with Crippen LogP contribution >= 0.6 is 0 Å². The van der Waals surface area contributed by atoms with Crippen LogP contribution in [0.4, 0.5) is 10.5 Å². The molecule has 0 unspecified atom stereocenters. The lowest BCUT2D eigenvalue weighted by Crippen LogP contribution is -2.42. The van der Waals surface area contributed by atoms with Crippen LogP contribution < -0.4 is 4.90 Å². The van der Waals surface area contributed by atoms with Crippen LogP contribution in [0.25, 0.3) is 0 Å². The minimum atomic E-state index is -4.04. The number of ether oxygens (including phenoxy) is 2. The molecule has 2 aromatic rings. The summed E-state index contributed by atoms with van der Waals surface area (Å²) in [4.78, 5) is 26.2. The van der Waals surface area contributed by atoms with Gasteiger partial charge in [0, 0.05) is 12.2 Å². The molecule has 2 heterocycles. The van der Waals surface area contributed by atoms with Crippen LogP contribution in [0, 0.1) is 6.92 Å². The first-order chi connectivity index (χ1) is 14.3. The molecule has 1 amide bonds. The van der Waals surface area contributed by atoms with E-state index in [1.807, 2.05) is 36.1 Å². The number of benzene rings is 2. The zero-order valence-electron chi connectivity index (χ0n) is 16.6. The number of carbonyl (C=O) groups excluding carboxylic acids is 2. The van der Waals surface area contributed by atoms with E-state index >= 15 is 0 Å². The Kier molecular flexibility index (Phi) is 5.15. The molecule has 30 heavy (non-hydrogen) atoms. The summed E-state index contributed by atoms with van der Waals surface area (Å²) in [6.45, 7) is 2.48. The van der Waals surface area contributed by atoms with Crippen molar-refractivity contribution in [3.8, 4) is 0 Å². The van der Waals surface area contributed by atoms with Gasteiger partial charge in [0.1, 0.15) is 12.1 Å². The van der Waals surface area contributed by atoms with E-state index in [0.29, 0.717) is 6.54 Å². The van der Waals surface area contributed by atoms with Crippen molar-refractivity contribution in [2.24, 2.45) is 0 Å². The van der Waals surface area contributed by atoms with Gasteiger partial charge >= 0.3 is 12.1 Å². The highest BCUT2D eigenvalue weighted by molar-refractivity contribution is 7.89. The van der Waals surface area contributed by atoms with Gasteiger partial charge in [-0.2, -0.15) is 4.31 Å². The van der Waals surface area contributed by atoms with E-state index in [1.165, 1.54) is 19.2 Å². The van der Waals surface area contributed by atoms with Gasteiger partial charge in [0.25, 0.3) is 10.0 Å². The molecule has 9 heteroatoms. The van der Waals surface area contributed by atoms with Gasteiger partial charge in [-0.15, -0.1) is 0 Å². The van der Waals surface area contributed by atoms with Crippen LogP contribution in [-0.4, -0.2) is 57.1 Å². The Hall–Kier alpha value is -3.07. The van der Waals surface area contributed by atoms with Crippen LogP contribution in [-0.2, 0) is 30.7 Å². The Bertz CT molecular complexity index is 1080. The largest absolute Gasteiger partial charge is 0.469 e. The third-order valence-electron chi connectivity index (χ3n) is 5.44. The number of nitrogens with zero attached hydrogens (tertiary/aromatic N) is 2. The van der Waals surface area contributed by atoms with Gasteiger partial charge in [-0.3, -0.25) is 4.79 Å². The molecule has 2 atom stereocenters. The predicted octanol–water partition coefficient (Wildman–Crippen LogP) is 2.11. The van der Waals surface area contributed by atoms with Crippen molar-refractivity contribution in [3.63, 3.8) is 0 Å². The van der Waals surface area contributed by atoms with Crippen molar-refractivity contribution < 1.29 is 27.5 Å². The first-order valence-electron chi connectivity index (χ1n) is 9.52. The summed E-state index contributed by atoms with van der Waals surface area (Å²) in [5.41, 5.74) is 2.48. The summed E-state index contributed by atoms with van der Waals surface area (Å²) >= 11 is 0. The molecule has 0 bridgehead atoms. The van der Waals surface area contributed by atoms with E-state index in [4.69, 9.17) is 9.47 Å². The van der Waals surface area contributed by atoms with E-state index in [0.717, 1.165) is 21.1 Å². The molecule has 0 spiro atoms. The van der Waals surface area contributed by atoms with Crippen LogP contribution in [0.3, 0.4) is 0 Å². The molecule has 0 aliphatic carbocycles. The van der Waals surface area contributed by atoms with E-state index in [2.05, 4.69) is 0 Å². The SMILES string of the molecule is COC(=O)Cc1ccccc1N1C[C@H]2OC(=O)N(S(=O)(=O)c3ccc(C)cc3)[C@H]2C1. The molecule has 4 rings (SSSR count). The van der Waals surface area contributed by atoms with Gasteiger partial charge in [-0.25, -0.2) is 13.2 Å². The first-order valence-corrected chi connectivity index (χ1v) is 11.0. The topological polar surface area (TPSA) is 93.2 Å². The third kappa shape index (κ3) is 3.49. The lowest BCUT2D eigenvalue weighted by Gasteiger charge is -2.25. The Morgan fingerprint density at radius 1 is 1.13 bits per heavy atom. The number of rotatable bonds is 5. The second-order valence-electron chi connectivity index (χ2n) is 7.39. The van der Waals surface area contributed by atoms with E-state index in [9.17, 15) is 18.0 Å².